The Morgan fingerprint density at radius 2 is 1.95 bits per heavy atom. The molecular weight excluding hydrogens is 270 g/mol. The number of nitrogens with one attached hydrogen (secondary N) is 1. The second-order valence-corrected chi connectivity index (χ2v) is 5.93. The van der Waals surface area contributed by atoms with Crippen molar-refractivity contribution in [2.75, 3.05) is 6.54 Å². The van der Waals surface area contributed by atoms with Crippen molar-refractivity contribution in [2.24, 2.45) is 0 Å². The van der Waals surface area contributed by atoms with Gasteiger partial charge >= 0.3 is 0 Å². The van der Waals surface area contributed by atoms with Gasteiger partial charge in [-0.3, -0.25) is 0 Å². The predicted octanol–water partition coefficient (Wildman–Crippen LogP) is 4.53. The molecule has 3 heteroatoms. The SMILES string of the molecule is Clc1cc2c(CCNC3CC3)coc2c2ccccc12. The molecule has 0 radical (unpaired) electrons. The van der Waals surface area contributed by atoms with Gasteiger partial charge in [-0.25, -0.2) is 0 Å². The third-order valence-electron chi connectivity index (χ3n) is 4.01. The summed E-state index contributed by atoms with van der Waals surface area (Å²) in [4.78, 5) is 0. The number of halogens is 1. The van der Waals surface area contributed by atoms with Gasteiger partial charge in [-0.15, -0.1) is 0 Å². The number of hydrogen-bond donors (Lipinski definition) is 1. The summed E-state index contributed by atoms with van der Waals surface area (Å²) in [5.74, 6) is 0. The van der Waals surface area contributed by atoms with Crippen molar-refractivity contribution in [2.45, 2.75) is 25.3 Å². The summed E-state index contributed by atoms with van der Waals surface area (Å²) in [6, 6.07) is 10.9. The minimum atomic E-state index is 0.748. The first-order valence-corrected chi connectivity index (χ1v) is 7.51. The van der Waals surface area contributed by atoms with Gasteiger partial charge in [0.2, 0.25) is 0 Å². The van der Waals surface area contributed by atoms with Crippen LogP contribution < -0.4 is 5.32 Å². The van der Waals surface area contributed by atoms with E-state index in [1.807, 2.05) is 30.5 Å². The van der Waals surface area contributed by atoms with Crippen molar-refractivity contribution < 1.29 is 4.42 Å². The van der Waals surface area contributed by atoms with Crippen molar-refractivity contribution in [3.8, 4) is 0 Å². The topological polar surface area (TPSA) is 25.2 Å². The maximum Gasteiger partial charge on any atom is 0.142 e. The lowest BCUT2D eigenvalue weighted by Crippen LogP contribution is -2.19. The molecule has 1 fully saturated rings. The number of furan rings is 1. The molecule has 0 atom stereocenters. The van der Waals surface area contributed by atoms with Crippen LogP contribution in [0.2, 0.25) is 5.02 Å². The third-order valence-corrected chi connectivity index (χ3v) is 4.33. The zero-order chi connectivity index (χ0) is 13.5. The van der Waals surface area contributed by atoms with Gasteiger partial charge in [-0.1, -0.05) is 35.9 Å². The molecule has 0 aliphatic heterocycles. The van der Waals surface area contributed by atoms with Gasteiger partial charge in [0.15, 0.2) is 0 Å². The van der Waals surface area contributed by atoms with Crippen LogP contribution in [0.25, 0.3) is 21.7 Å². The Kier molecular flexibility index (Phi) is 2.94. The van der Waals surface area contributed by atoms with E-state index in [9.17, 15) is 0 Å². The molecule has 0 amide bonds. The summed E-state index contributed by atoms with van der Waals surface area (Å²) in [6.45, 7) is 1.00. The van der Waals surface area contributed by atoms with Gasteiger partial charge in [0.05, 0.1) is 6.26 Å². The largest absolute Gasteiger partial charge is 0.463 e. The molecule has 20 heavy (non-hydrogen) atoms. The van der Waals surface area contributed by atoms with Crippen molar-refractivity contribution in [3.63, 3.8) is 0 Å². The number of benzene rings is 2. The number of fused-ring (bicyclic) bond motifs is 3. The van der Waals surface area contributed by atoms with E-state index < -0.39 is 0 Å². The molecular formula is C17H16ClNO. The first-order valence-electron chi connectivity index (χ1n) is 7.13. The molecule has 0 unspecified atom stereocenters. The molecule has 102 valence electrons. The van der Waals surface area contributed by atoms with Crippen LogP contribution in [0.3, 0.4) is 0 Å². The highest BCUT2D eigenvalue weighted by Crippen LogP contribution is 2.34. The van der Waals surface area contributed by atoms with Crippen LogP contribution >= 0.6 is 11.6 Å². The molecule has 1 N–H and O–H groups in total. The Bertz CT molecular complexity index is 773. The van der Waals surface area contributed by atoms with E-state index in [1.165, 1.54) is 18.4 Å². The normalized spacial score (nSPS) is 15.2. The maximum atomic E-state index is 6.40. The zero-order valence-electron chi connectivity index (χ0n) is 11.2. The molecule has 1 heterocycles. The van der Waals surface area contributed by atoms with Gasteiger partial charge in [0, 0.05) is 27.2 Å². The molecule has 0 spiro atoms. The molecule has 3 aromatic rings. The maximum absolute atomic E-state index is 6.40. The van der Waals surface area contributed by atoms with E-state index in [-0.39, 0.29) is 0 Å². The minimum absolute atomic E-state index is 0.748. The average molecular weight is 286 g/mol. The van der Waals surface area contributed by atoms with Gasteiger partial charge in [-0.2, -0.15) is 0 Å². The summed E-state index contributed by atoms with van der Waals surface area (Å²) in [6.07, 6.45) is 5.51. The van der Waals surface area contributed by atoms with E-state index in [0.717, 1.165) is 45.8 Å². The lowest BCUT2D eigenvalue weighted by atomic mass is 10.0. The number of hydrogen-bond acceptors (Lipinski definition) is 2. The van der Waals surface area contributed by atoms with Crippen LogP contribution in [0.1, 0.15) is 18.4 Å². The Morgan fingerprint density at radius 3 is 2.75 bits per heavy atom. The highest BCUT2D eigenvalue weighted by Gasteiger charge is 2.20. The van der Waals surface area contributed by atoms with Crippen LogP contribution in [0, 0.1) is 0 Å². The Balaban J connectivity index is 1.75. The first-order chi connectivity index (χ1) is 9.83. The Labute approximate surface area is 122 Å². The fourth-order valence-electron chi connectivity index (χ4n) is 2.76. The Hall–Kier alpha value is -1.51. The van der Waals surface area contributed by atoms with Gasteiger partial charge in [-0.05, 0) is 37.4 Å². The van der Waals surface area contributed by atoms with E-state index in [2.05, 4.69) is 11.4 Å². The van der Waals surface area contributed by atoms with Gasteiger partial charge in [0.25, 0.3) is 0 Å². The highest BCUT2D eigenvalue weighted by molar-refractivity contribution is 6.37. The molecule has 1 saturated carbocycles. The minimum Gasteiger partial charge on any atom is -0.463 e. The lowest BCUT2D eigenvalue weighted by molar-refractivity contribution is 0.608. The molecule has 2 nitrogen and oxygen atoms in total. The van der Waals surface area contributed by atoms with Crippen molar-refractivity contribution >= 4 is 33.3 Å². The quantitative estimate of drug-likeness (QED) is 0.762. The molecule has 1 aliphatic carbocycles. The summed E-state index contributed by atoms with van der Waals surface area (Å²) in [7, 11) is 0. The lowest BCUT2D eigenvalue weighted by Gasteiger charge is -2.03. The molecule has 1 aromatic heterocycles. The van der Waals surface area contributed by atoms with Crippen LogP contribution in [0.5, 0.6) is 0 Å². The van der Waals surface area contributed by atoms with E-state index in [1.54, 1.807) is 0 Å². The molecule has 4 rings (SSSR count). The fraction of sp³-hybridized carbons (Fsp3) is 0.294. The second-order valence-electron chi connectivity index (χ2n) is 5.52. The van der Waals surface area contributed by atoms with E-state index in [4.69, 9.17) is 16.0 Å². The van der Waals surface area contributed by atoms with Crippen LogP contribution in [0.4, 0.5) is 0 Å². The van der Waals surface area contributed by atoms with Crippen LogP contribution in [0.15, 0.2) is 41.0 Å². The van der Waals surface area contributed by atoms with Crippen LogP contribution in [-0.2, 0) is 6.42 Å². The fourth-order valence-corrected chi connectivity index (χ4v) is 3.03. The summed E-state index contributed by atoms with van der Waals surface area (Å²) in [5.41, 5.74) is 2.19. The molecule has 0 bridgehead atoms. The smallest absolute Gasteiger partial charge is 0.142 e. The zero-order valence-corrected chi connectivity index (χ0v) is 11.9. The summed E-state index contributed by atoms with van der Waals surface area (Å²) < 4.78 is 5.80. The van der Waals surface area contributed by atoms with Crippen molar-refractivity contribution in [1.82, 2.24) is 5.32 Å². The summed E-state index contributed by atoms with van der Waals surface area (Å²) in [5, 5.41) is 7.63. The molecule has 0 saturated heterocycles. The van der Waals surface area contributed by atoms with Crippen molar-refractivity contribution in [1.29, 1.82) is 0 Å². The van der Waals surface area contributed by atoms with Crippen LogP contribution in [-0.4, -0.2) is 12.6 Å². The predicted molar refractivity (Wildman–Crippen MR) is 83.5 cm³/mol. The van der Waals surface area contributed by atoms with Gasteiger partial charge < -0.3 is 9.73 Å². The van der Waals surface area contributed by atoms with E-state index >= 15 is 0 Å². The summed E-state index contributed by atoms with van der Waals surface area (Å²) >= 11 is 6.40. The second kappa shape index (κ2) is 4.80. The molecule has 1 aliphatic rings. The van der Waals surface area contributed by atoms with Crippen molar-refractivity contribution in [3.05, 3.63) is 47.2 Å². The molecule has 2 aromatic carbocycles. The highest BCUT2D eigenvalue weighted by atomic mass is 35.5. The average Bonchev–Trinajstić information content (AvgIpc) is 3.20. The first kappa shape index (κ1) is 12.2. The van der Waals surface area contributed by atoms with Gasteiger partial charge in [0.1, 0.15) is 5.58 Å². The Morgan fingerprint density at radius 1 is 1.15 bits per heavy atom. The third kappa shape index (κ3) is 2.09. The number of rotatable bonds is 4. The monoisotopic (exact) mass is 285 g/mol. The van der Waals surface area contributed by atoms with E-state index in [0.29, 0.717) is 0 Å². The standard InChI is InChI=1S/C17H16ClNO/c18-16-9-15-11(7-8-19-12-5-6-12)10-20-17(15)14-4-2-1-3-13(14)16/h1-4,9-10,12,19H,5-8H2.